The van der Waals surface area contributed by atoms with Gasteiger partial charge in [0, 0.05) is 5.71 Å². The van der Waals surface area contributed by atoms with Crippen LogP contribution in [0.1, 0.15) is 24.1 Å². The molecule has 22 heavy (non-hydrogen) atoms. The largest absolute Gasteiger partial charge is 0.481 e. The number of rotatable bonds is 2. The Hall–Kier alpha value is -2.79. The normalized spacial score (nSPS) is 21.0. The molecule has 0 aromatic heterocycles. The van der Waals surface area contributed by atoms with Crippen LogP contribution in [0.3, 0.4) is 0 Å². The van der Waals surface area contributed by atoms with E-state index >= 15 is 0 Å². The van der Waals surface area contributed by atoms with Crippen molar-refractivity contribution < 1.29 is 19.8 Å². The van der Waals surface area contributed by atoms with E-state index in [2.05, 4.69) is 4.99 Å². The van der Waals surface area contributed by atoms with Gasteiger partial charge in [-0.2, -0.15) is 5.26 Å². The van der Waals surface area contributed by atoms with Crippen molar-refractivity contribution in [1.29, 1.82) is 5.26 Å². The molecule has 0 radical (unpaired) electrons. The molecule has 2 N–H and O–H groups in total. The number of hydrogen-bond donors (Lipinski definition) is 2. The molecule has 2 rings (SSSR count). The molecule has 1 amide bonds. The Morgan fingerprint density at radius 3 is 2.64 bits per heavy atom. The monoisotopic (exact) mass is 317 g/mol. The van der Waals surface area contributed by atoms with Crippen molar-refractivity contribution in [2.45, 2.75) is 13.0 Å². The van der Waals surface area contributed by atoms with Gasteiger partial charge >= 0.3 is 12.1 Å². The topological polar surface area (TPSA) is 114 Å². The van der Waals surface area contributed by atoms with Crippen molar-refractivity contribution in [3.8, 4) is 6.07 Å². The van der Waals surface area contributed by atoms with Gasteiger partial charge in [-0.05, 0) is 36.8 Å². The van der Waals surface area contributed by atoms with Crippen LogP contribution in [-0.2, 0) is 4.79 Å². The number of aliphatic carboxylic acids is 1. The van der Waals surface area contributed by atoms with E-state index in [-0.39, 0.29) is 10.8 Å². The minimum absolute atomic E-state index is 0.213. The highest BCUT2D eigenvalue weighted by Crippen LogP contribution is 2.34. The van der Waals surface area contributed by atoms with Crippen LogP contribution in [-0.4, -0.2) is 38.0 Å². The second kappa shape index (κ2) is 5.91. The van der Waals surface area contributed by atoms with E-state index in [4.69, 9.17) is 17.5 Å². The summed E-state index contributed by atoms with van der Waals surface area (Å²) in [5.41, 5.74) is 0.908. The third-order valence-corrected chi connectivity index (χ3v) is 3.64. The van der Waals surface area contributed by atoms with Crippen LogP contribution in [0.15, 0.2) is 29.3 Å². The van der Waals surface area contributed by atoms with Crippen LogP contribution >= 0.6 is 12.2 Å². The first-order valence-electron chi connectivity index (χ1n) is 6.21. The Kier molecular flexibility index (Phi) is 4.19. The van der Waals surface area contributed by atoms with E-state index in [1.165, 1.54) is 13.0 Å². The number of carboxylic acids is 1. The van der Waals surface area contributed by atoms with Gasteiger partial charge in [0.15, 0.2) is 0 Å². The van der Waals surface area contributed by atoms with Gasteiger partial charge in [0.05, 0.1) is 17.7 Å². The highest BCUT2D eigenvalue weighted by molar-refractivity contribution is 7.80. The maximum Gasteiger partial charge on any atom is 0.414 e. The molecule has 1 aromatic rings. The molecule has 0 bridgehead atoms. The molecule has 8 heteroatoms. The van der Waals surface area contributed by atoms with Gasteiger partial charge in [-0.25, -0.2) is 14.7 Å². The first kappa shape index (κ1) is 15.6. The maximum atomic E-state index is 11.6. The zero-order chi connectivity index (χ0) is 16.4. The van der Waals surface area contributed by atoms with E-state index in [0.717, 1.165) is 4.90 Å². The van der Waals surface area contributed by atoms with Gasteiger partial charge in [-0.15, -0.1) is 0 Å². The Bertz CT molecular complexity index is 738. The Balaban J connectivity index is 2.65. The molecule has 1 aromatic carbocycles. The molecule has 0 aliphatic carbocycles. The van der Waals surface area contributed by atoms with Crippen LogP contribution in [0.2, 0.25) is 0 Å². The highest BCUT2D eigenvalue weighted by Gasteiger charge is 2.43. The van der Waals surface area contributed by atoms with E-state index in [0.29, 0.717) is 11.1 Å². The van der Waals surface area contributed by atoms with Crippen molar-refractivity contribution in [3.05, 3.63) is 35.4 Å². The molecule has 0 saturated carbocycles. The summed E-state index contributed by atoms with van der Waals surface area (Å²) in [6.45, 7) is 1.49. The summed E-state index contributed by atoms with van der Waals surface area (Å²) in [4.78, 5) is 27.7. The van der Waals surface area contributed by atoms with Crippen LogP contribution in [0.25, 0.3) is 0 Å². The first-order valence-corrected chi connectivity index (χ1v) is 6.61. The zero-order valence-corrected chi connectivity index (χ0v) is 12.2. The number of aliphatic imine (C=N–C) groups is 1. The van der Waals surface area contributed by atoms with E-state index in [1.807, 2.05) is 6.07 Å². The summed E-state index contributed by atoms with van der Waals surface area (Å²) in [6.07, 6.45) is -1.39. The summed E-state index contributed by atoms with van der Waals surface area (Å²) in [5, 5.41) is 27.6. The number of benzene rings is 1. The predicted molar refractivity (Wildman–Crippen MR) is 80.6 cm³/mol. The fraction of sp³-hybridized carbons (Fsp3) is 0.214. The number of hydrogen-bond acceptors (Lipinski definition) is 4. The van der Waals surface area contributed by atoms with Crippen molar-refractivity contribution in [3.63, 3.8) is 0 Å². The molecule has 112 valence electrons. The number of amides is 1. The molecular weight excluding hydrogens is 306 g/mol. The number of carbonyl (C=O) groups is 2. The van der Waals surface area contributed by atoms with Crippen molar-refractivity contribution in [1.82, 2.24) is 4.90 Å². The van der Waals surface area contributed by atoms with Gasteiger partial charge in [-0.3, -0.25) is 4.79 Å². The molecule has 0 saturated heterocycles. The predicted octanol–water partition coefficient (Wildman–Crippen LogP) is 2.04. The maximum absolute atomic E-state index is 11.6. The van der Waals surface area contributed by atoms with Crippen molar-refractivity contribution in [2.24, 2.45) is 10.9 Å². The SMILES string of the molecule is CC1=NC(=S)N(C(=O)O)C(c2cccc(C#N)c2)C1C(=O)O. The van der Waals surface area contributed by atoms with Gasteiger partial charge in [0.25, 0.3) is 0 Å². The smallest absolute Gasteiger partial charge is 0.414 e. The van der Waals surface area contributed by atoms with Crippen LogP contribution in [0, 0.1) is 17.2 Å². The lowest BCUT2D eigenvalue weighted by Crippen LogP contribution is -2.48. The standard InChI is InChI=1S/C14H11N3O4S/c1-7-10(12(18)19)11(17(14(20)21)13(22)16-7)9-4-2-3-8(5-9)6-15/h2-5,10-11H,1H3,(H,18,19)(H,20,21). The molecule has 7 nitrogen and oxygen atoms in total. The lowest BCUT2D eigenvalue weighted by atomic mass is 9.86. The minimum atomic E-state index is -1.39. The lowest BCUT2D eigenvalue weighted by Gasteiger charge is -2.36. The summed E-state index contributed by atoms with van der Waals surface area (Å²) in [7, 11) is 0. The Labute approximate surface area is 131 Å². The molecule has 1 aliphatic rings. The lowest BCUT2D eigenvalue weighted by molar-refractivity contribution is -0.140. The van der Waals surface area contributed by atoms with E-state index < -0.39 is 24.0 Å². The molecule has 1 heterocycles. The second-order valence-corrected chi connectivity index (χ2v) is 5.05. The average Bonchev–Trinajstić information content (AvgIpc) is 2.45. The third-order valence-electron chi connectivity index (χ3n) is 3.35. The number of nitrogens with zero attached hydrogens (tertiary/aromatic N) is 3. The van der Waals surface area contributed by atoms with Crippen LogP contribution < -0.4 is 0 Å². The molecule has 1 aliphatic heterocycles. The third kappa shape index (κ3) is 2.66. The molecular formula is C14H11N3O4S. The Morgan fingerprint density at radius 1 is 1.41 bits per heavy atom. The second-order valence-electron chi connectivity index (χ2n) is 4.69. The van der Waals surface area contributed by atoms with Gasteiger partial charge in [0.2, 0.25) is 5.11 Å². The summed E-state index contributed by atoms with van der Waals surface area (Å²) < 4.78 is 0. The van der Waals surface area contributed by atoms with Crippen LogP contribution in [0.4, 0.5) is 4.79 Å². The number of nitriles is 1. The molecule has 0 fully saturated rings. The minimum Gasteiger partial charge on any atom is -0.481 e. The zero-order valence-electron chi connectivity index (χ0n) is 11.4. The Morgan fingerprint density at radius 2 is 2.09 bits per heavy atom. The molecule has 2 atom stereocenters. The summed E-state index contributed by atoms with van der Waals surface area (Å²) in [5.74, 6) is -2.38. The molecule has 0 spiro atoms. The quantitative estimate of drug-likeness (QED) is 0.807. The van der Waals surface area contributed by atoms with Crippen LogP contribution in [0.5, 0.6) is 0 Å². The first-order chi connectivity index (χ1) is 10.4. The molecule has 2 unspecified atom stereocenters. The summed E-state index contributed by atoms with van der Waals surface area (Å²) >= 11 is 4.96. The van der Waals surface area contributed by atoms with Gasteiger partial charge in [0.1, 0.15) is 5.92 Å². The fourth-order valence-electron chi connectivity index (χ4n) is 2.42. The van der Waals surface area contributed by atoms with Crippen molar-refractivity contribution in [2.75, 3.05) is 0 Å². The fourth-order valence-corrected chi connectivity index (χ4v) is 2.75. The van der Waals surface area contributed by atoms with E-state index in [1.54, 1.807) is 18.2 Å². The van der Waals surface area contributed by atoms with Crippen molar-refractivity contribution >= 4 is 35.1 Å². The number of carboxylic acid groups (broad SMARTS) is 2. The van der Waals surface area contributed by atoms with Gasteiger partial charge in [-0.1, -0.05) is 12.1 Å². The van der Waals surface area contributed by atoms with E-state index in [9.17, 15) is 19.8 Å². The number of thiocarbonyl (C=S) groups is 1. The average molecular weight is 317 g/mol. The highest BCUT2D eigenvalue weighted by atomic mass is 32.1. The van der Waals surface area contributed by atoms with Gasteiger partial charge < -0.3 is 10.2 Å². The summed E-state index contributed by atoms with van der Waals surface area (Å²) in [6, 6.07) is 7.02.